The first-order valence-electron chi connectivity index (χ1n) is 5.42. The van der Waals surface area contributed by atoms with Crippen molar-refractivity contribution in [2.75, 3.05) is 5.43 Å². The Bertz CT molecular complexity index is 600. The summed E-state index contributed by atoms with van der Waals surface area (Å²) >= 11 is 0. The summed E-state index contributed by atoms with van der Waals surface area (Å²) in [6.45, 7) is 3.45. The number of rotatable bonds is 4. The number of anilines is 1. The highest BCUT2D eigenvalue weighted by Crippen LogP contribution is 2.15. The smallest absolute Gasteiger partial charge is 0.324 e. The van der Waals surface area contributed by atoms with Gasteiger partial charge in [-0.1, -0.05) is 5.92 Å². The molecule has 0 bridgehead atoms. The summed E-state index contributed by atoms with van der Waals surface area (Å²) < 4.78 is 7.10. The Balaban J connectivity index is 2.40. The van der Waals surface area contributed by atoms with Crippen molar-refractivity contribution >= 4 is 5.95 Å². The molecule has 0 radical (unpaired) electrons. The third-order valence-electron chi connectivity index (χ3n) is 2.16. The van der Waals surface area contributed by atoms with Crippen LogP contribution in [0.1, 0.15) is 13.8 Å². The van der Waals surface area contributed by atoms with E-state index in [0.717, 1.165) is 0 Å². The molecule has 0 unspecified atom stereocenters. The maximum Gasteiger partial charge on any atom is 0.324 e. The Morgan fingerprint density at radius 2 is 2.21 bits per heavy atom. The number of nitrogens with two attached hydrogens (primary N) is 1. The number of nitrogen functional groups attached to an aromatic ring is 1. The first-order valence-corrected chi connectivity index (χ1v) is 5.42. The average Bonchev–Trinajstić information content (AvgIpc) is 2.91. The first-order chi connectivity index (χ1) is 9.04. The van der Waals surface area contributed by atoms with E-state index in [2.05, 4.69) is 31.3 Å². The van der Waals surface area contributed by atoms with E-state index in [1.807, 2.05) is 0 Å². The highest BCUT2D eigenvalue weighted by molar-refractivity contribution is 5.29. The van der Waals surface area contributed by atoms with Gasteiger partial charge in [0.25, 0.3) is 0 Å². The summed E-state index contributed by atoms with van der Waals surface area (Å²) in [5, 5.41) is 0. The molecule has 0 amide bonds. The molecule has 0 fully saturated rings. The van der Waals surface area contributed by atoms with E-state index in [9.17, 15) is 0 Å². The molecule has 2 heterocycles. The van der Waals surface area contributed by atoms with Gasteiger partial charge in [0.2, 0.25) is 11.9 Å². The minimum Gasteiger partial charge on any atom is -0.444 e. The van der Waals surface area contributed by atoms with Gasteiger partial charge in [-0.15, -0.1) is 6.42 Å². The van der Waals surface area contributed by atoms with E-state index in [1.54, 1.807) is 37.1 Å². The van der Waals surface area contributed by atoms with Crippen molar-refractivity contribution in [3.05, 3.63) is 18.7 Å². The van der Waals surface area contributed by atoms with Gasteiger partial charge in [-0.25, -0.2) is 10.8 Å². The Morgan fingerprint density at radius 3 is 2.79 bits per heavy atom. The fourth-order valence-corrected chi connectivity index (χ4v) is 1.21. The first kappa shape index (κ1) is 12.8. The van der Waals surface area contributed by atoms with Crippen LogP contribution in [0.25, 0.3) is 5.95 Å². The second-order valence-electron chi connectivity index (χ2n) is 4.11. The number of hydrogen-bond acceptors (Lipinski definition) is 7. The molecule has 0 atom stereocenters. The number of imidazole rings is 1. The summed E-state index contributed by atoms with van der Waals surface area (Å²) in [4.78, 5) is 16.1. The molecule has 0 aliphatic rings. The molecule has 98 valence electrons. The van der Waals surface area contributed by atoms with Gasteiger partial charge in [-0.05, 0) is 13.8 Å². The predicted molar refractivity (Wildman–Crippen MR) is 68.3 cm³/mol. The molecule has 19 heavy (non-hydrogen) atoms. The van der Waals surface area contributed by atoms with Crippen molar-refractivity contribution in [3.63, 3.8) is 0 Å². The zero-order chi connectivity index (χ0) is 13.9. The zero-order valence-electron chi connectivity index (χ0n) is 10.5. The molecule has 8 nitrogen and oxygen atoms in total. The predicted octanol–water partition coefficient (Wildman–Crippen LogP) is 0.133. The molecular weight excluding hydrogens is 246 g/mol. The van der Waals surface area contributed by atoms with E-state index in [0.29, 0.717) is 5.95 Å². The number of terminal acetylenes is 1. The normalized spacial score (nSPS) is 10.8. The van der Waals surface area contributed by atoms with Crippen LogP contribution in [0.15, 0.2) is 18.7 Å². The lowest BCUT2D eigenvalue weighted by atomic mass is 10.2. The van der Waals surface area contributed by atoms with Crippen molar-refractivity contribution in [3.8, 4) is 24.3 Å². The maximum absolute atomic E-state index is 5.50. The van der Waals surface area contributed by atoms with Crippen molar-refractivity contribution in [1.82, 2.24) is 24.5 Å². The number of hydrogen-bond donors (Lipinski definition) is 2. The summed E-state index contributed by atoms with van der Waals surface area (Å²) in [6.07, 6.45) is 10.2. The molecule has 2 aromatic heterocycles. The summed E-state index contributed by atoms with van der Waals surface area (Å²) in [7, 11) is 0. The highest BCUT2D eigenvalue weighted by atomic mass is 16.5. The second-order valence-corrected chi connectivity index (χ2v) is 4.11. The second kappa shape index (κ2) is 4.91. The summed E-state index contributed by atoms with van der Waals surface area (Å²) in [5.74, 6) is 8.29. The number of aromatic nitrogens is 5. The SMILES string of the molecule is C#CC(C)(C)Oc1nc(NN)nc(-n2ccnc2)n1. The maximum atomic E-state index is 5.50. The number of ether oxygens (including phenoxy) is 1. The van der Waals surface area contributed by atoms with Crippen molar-refractivity contribution in [1.29, 1.82) is 0 Å². The van der Waals surface area contributed by atoms with Gasteiger partial charge in [0.05, 0.1) is 0 Å². The Morgan fingerprint density at radius 1 is 1.42 bits per heavy atom. The average molecular weight is 259 g/mol. The van der Waals surface area contributed by atoms with Crippen LogP contribution in [-0.4, -0.2) is 30.1 Å². The van der Waals surface area contributed by atoms with Gasteiger partial charge in [-0.2, -0.15) is 15.0 Å². The van der Waals surface area contributed by atoms with Crippen LogP contribution < -0.4 is 16.0 Å². The Hall–Kier alpha value is -2.66. The Kier molecular flexibility index (Phi) is 3.31. The Labute approximate surface area is 110 Å². The molecular formula is C11H13N7O. The van der Waals surface area contributed by atoms with Crippen LogP contribution in [0.5, 0.6) is 6.01 Å². The van der Waals surface area contributed by atoms with Gasteiger partial charge in [0.15, 0.2) is 5.60 Å². The van der Waals surface area contributed by atoms with Crippen LogP contribution in [0.2, 0.25) is 0 Å². The monoisotopic (exact) mass is 259 g/mol. The number of hydrazine groups is 1. The van der Waals surface area contributed by atoms with E-state index in [4.69, 9.17) is 17.0 Å². The standard InChI is InChI=1S/C11H13N7O/c1-4-11(2,3)19-10-15-8(17-12)14-9(16-10)18-6-5-13-7-18/h1,5-7H,12H2,2-3H3,(H,14,15,16,17). The van der Waals surface area contributed by atoms with Crippen LogP contribution in [0, 0.1) is 12.3 Å². The molecule has 3 N–H and O–H groups in total. The lowest BCUT2D eigenvalue weighted by Gasteiger charge is -2.18. The topological polar surface area (TPSA) is 104 Å². The molecule has 2 aromatic rings. The van der Waals surface area contributed by atoms with Crippen molar-refractivity contribution in [2.24, 2.45) is 5.84 Å². The van der Waals surface area contributed by atoms with Gasteiger partial charge in [0, 0.05) is 12.4 Å². The van der Waals surface area contributed by atoms with Gasteiger partial charge in [-0.3, -0.25) is 9.99 Å². The fraction of sp³-hybridized carbons (Fsp3) is 0.273. The molecule has 2 rings (SSSR count). The van der Waals surface area contributed by atoms with Gasteiger partial charge < -0.3 is 4.74 Å². The third kappa shape index (κ3) is 2.97. The van der Waals surface area contributed by atoms with Gasteiger partial charge >= 0.3 is 6.01 Å². The van der Waals surface area contributed by atoms with E-state index in [-0.39, 0.29) is 12.0 Å². The van der Waals surface area contributed by atoms with E-state index in [1.165, 1.54) is 0 Å². The molecule has 0 saturated carbocycles. The minimum absolute atomic E-state index is 0.0783. The lowest BCUT2D eigenvalue weighted by molar-refractivity contribution is 0.156. The van der Waals surface area contributed by atoms with Crippen molar-refractivity contribution in [2.45, 2.75) is 19.4 Å². The van der Waals surface area contributed by atoms with Crippen LogP contribution >= 0.6 is 0 Å². The molecule has 0 aliphatic heterocycles. The number of nitrogens with zero attached hydrogens (tertiary/aromatic N) is 5. The largest absolute Gasteiger partial charge is 0.444 e. The van der Waals surface area contributed by atoms with Crippen LogP contribution in [0.3, 0.4) is 0 Å². The molecule has 8 heteroatoms. The number of nitrogens with one attached hydrogen (secondary N) is 1. The van der Waals surface area contributed by atoms with Crippen LogP contribution in [0.4, 0.5) is 5.95 Å². The highest BCUT2D eigenvalue weighted by Gasteiger charge is 2.19. The molecule has 0 aromatic carbocycles. The van der Waals surface area contributed by atoms with Crippen molar-refractivity contribution < 1.29 is 4.74 Å². The zero-order valence-corrected chi connectivity index (χ0v) is 10.5. The minimum atomic E-state index is -0.834. The third-order valence-corrected chi connectivity index (χ3v) is 2.16. The molecule has 0 aliphatic carbocycles. The molecule has 0 spiro atoms. The summed E-state index contributed by atoms with van der Waals surface area (Å²) in [5.41, 5.74) is 1.51. The fourth-order valence-electron chi connectivity index (χ4n) is 1.21. The van der Waals surface area contributed by atoms with Gasteiger partial charge in [0.1, 0.15) is 6.33 Å². The van der Waals surface area contributed by atoms with E-state index < -0.39 is 5.60 Å². The van der Waals surface area contributed by atoms with E-state index >= 15 is 0 Å². The summed E-state index contributed by atoms with van der Waals surface area (Å²) in [6, 6.07) is 0.0783. The quantitative estimate of drug-likeness (QED) is 0.457. The lowest BCUT2D eigenvalue weighted by Crippen LogP contribution is -2.27. The molecule has 0 saturated heterocycles. The van der Waals surface area contributed by atoms with Crippen LogP contribution in [-0.2, 0) is 0 Å².